The molecular weight excluding hydrogens is 346 g/mol. The fourth-order valence-corrected chi connectivity index (χ4v) is 3.09. The lowest BCUT2D eigenvalue weighted by Gasteiger charge is -2.19. The van der Waals surface area contributed by atoms with Crippen LogP contribution in [0.1, 0.15) is 12.8 Å². The molecule has 2 unspecified atom stereocenters. The van der Waals surface area contributed by atoms with Gasteiger partial charge in [0.2, 0.25) is 5.91 Å². The lowest BCUT2D eigenvalue weighted by molar-refractivity contribution is -0.123. The third-order valence-corrected chi connectivity index (χ3v) is 4.55. The molecule has 1 amide bonds. The number of methoxy groups -OCH3 is 1. The molecule has 1 aromatic rings. The SMILES string of the molecule is COC(CN)CC(=O)NCC1CCN(c2cccc(Br)c2)C1. The number of nitrogens with two attached hydrogens (primary N) is 1. The number of nitrogens with one attached hydrogen (secondary N) is 1. The minimum absolute atomic E-state index is 0.0122. The van der Waals surface area contributed by atoms with Crippen LogP contribution >= 0.6 is 15.9 Å². The molecule has 1 saturated heterocycles. The summed E-state index contributed by atoms with van der Waals surface area (Å²) in [6, 6.07) is 8.33. The molecule has 2 atom stereocenters. The highest BCUT2D eigenvalue weighted by atomic mass is 79.9. The van der Waals surface area contributed by atoms with E-state index in [0.717, 1.165) is 24.0 Å². The number of rotatable bonds is 7. The zero-order chi connectivity index (χ0) is 15.9. The summed E-state index contributed by atoms with van der Waals surface area (Å²) >= 11 is 3.50. The summed E-state index contributed by atoms with van der Waals surface area (Å²) < 4.78 is 6.22. The topological polar surface area (TPSA) is 67.6 Å². The van der Waals surface area contributed by atoms with Gasteiger partial charge in [0.15, 0.2) is 0 Å². The molecule has 0 aliphatic carbocycles. The molecular formula is C16H24BrN3O2. The summed E-state index contributed by atoms with van der Waals surface area (Å²) in [7, 11) is 1.58. The summed E-state index contributed by atoms with van der Waals surface area (Å²) in [4.78, 5) is 14.2. The average Bonchev–Trinajstić information content (AvgIpc) is 2.99. The third kappa shape index (κ3) is 4.97. The molecule has 1 heterocycles. The van der Waals surface area contributed by atoms with Crippen LogP contribution in [0.4, 0.5) is 5.69 Å². The minimum Gasteiger partial charge on any atom is -0.380 e. The van der Waals surface area contributed by atoms with Crippen LogP contribution < -0.4 is 16.0 Å². The Morgan fingerprint density at radius 2 is 2.41 bits per heavy atom. The van der Waals surface area contributed by atoms with E-state index in [4.69, 9.17) is 10.5 Å². The zero-order valence-electron chi connectivity index (χ0n) is 12.9. The van der Waals surface area contributed by atoms with Crippen LogP contribution in [0.2, 0.25) is 0 Å². The Balaban J connectivity index is 1.76. The number of hydrogen-bond acceptors (Lipinski definition) is 4. The Morgan fingerprint density at radius 3 is 3.09 bits per heavy atom. The van der Waals surface area contributed by atoms with Gasteiger partial charge in [-0.3, -0.25) is 4.79 Å². The van der Waals surface area contributed by atoms with E-state index in [1.165, 1.54) is 5.69 Å². The molecule has 1 aromatic carbocycles. The second kappa shape index (κ2) is 8.50. The molecule has 0 bridgehead atoms. The first kappa shape index (κ1) is 17.2. The van der Waals surface area contributed by atoms with Crippen molar-refractivity contribution in [3.05, 3.63) is 28.7 Å². The quantitative estimate of drug-likeness (QED) is 0.768. The normalized spacial score (nSPS) is 19.2. The summed E-state index contributed by atoms with van der Waals surface area (Å²) in [5.74, 6) is 0.500. The van der Waals surface area contributed by atoms with Crippen LogP contribution in [0.3, 0.4) is 0 Å². The van der Waals surface area contributed by atoms with Crippen LogP contribution in [-0.2, 0) is 9.53 Å². The number of benzene rings is 1. The van der Waals surface area contributed by atoms with Crippen molar-refractivity contribution in [2.24, 2.45) is 11.7 Å². The molecule has 3 N–H and O–H groups in total. The summed E-state index contributed by atoms with van der Waals surface area (Å²) in [6.45, 7) is 3.08. The van der Waals surface area contributed by atoms with Gasteiger partial charge in [-0.1, -0.05) is 22.0 Å². The highest BCUT2D eigenvalue weighted by molar-refractivity contribution is 9.10. The number of halogens is 1. The van der Waals surface area contributed by atoms with E-state index in [-0.39, 0.29) is 12.0 Å². The predicted octanol–water partition coefficient (Wildman–Crippen LogP) is 1.76. The van der Waals surface area contributed by atoms with E-state index in [1.54, 1.807) is 7.11 Å². The molecule has 0 aromatic heterocycles. The second-order valence-electron chi connectivity index (χ2n) is 5.68. The maximum Gasteiger partial charge on any atom is 0.222 e. The first-order valence-corrected chi connectivity index (χ1v) is 8.41. The van der Waals surface area contributed by atoms with Gasteiger partial charge in [0.25, 0.3) is 0 Å². The van der Waals surface area contributed by atoms with Crippen LogP contribution in [-0.4, -0.2) is 45.3 Å². The molecule has 0 spiro atoms. The Bertz CT molecular complexity index is 494. The van der Waals surface area contributed by atoms with Gasteiger partial charge in [-0.25, -0.2) is 0 Å². The maximum atomic E-state index is 11.9. The molecule has 6 heteroatoms. The molecule has 122 valence electrons. The fourth-order valence-electron chi connectivity index (χ4n) is 2.71. The third-order valence-electron chi connectivity index (χ3n) is 4.06. The van der Waals surface area contributed by atoms with Gasteiger partial charge < -0.3 is 20.7 Å². The van der Waals surface area contributed by atoms with Crippen molar-refractivity contribution < 1.29 is 9.53 Å². The second-order valence-corrected chi connectivity index (χ2v) is 6.60. The van der Waals surface area contributed by atoms with Gasteiger partial charge in [0.05, 0.1) is 12.5 Å². The van der Waals surface area contributed by atoms with Crippen molar-refractivity contribution in [3.8, 4) is 0 Å². The Morgan fingerprint density at radius 1 is 1.59 bits per heavy atom. The molecule has 22 heavy (non-hydrogen) atoms. The van der Waals surface area contributed by atoms with Crippen molar-refractivity contribution in [3.63, 3.8) is 0 Å². The van der Waals surface area contributed by atoms with Crippen LogP contribution in [0.25, 0.3) is 0 Å². The largest absolute Gasteiger partial charge is 0.380 e. The maximum absolute atomic E-state index is 11.9. The van der Waals surface area contributed by atoms with E-state index >= 15 is 0 Å². The highest BCUT2D eigenvalue weighted by Gasteiger charge is 2.23. The average molecular weight is 370 g/mol. The van der Waals surface area contributed by atoms with E-state index in [2.05, 4.69) is 38.3 Å². The zero-order valence-corrected chi connectivity index (χ0v) is 14.5. The Kier molecular flexibility index (Phi) is 6.67. The molecule has 1 fully saturated rings. The molecule has 5 nitrogen and oxygen atoms in total. The number of nitrogens with zero attached hydrogens (tertiary/aromatic N) is 1. The monoisotopic (exact) mass is 369 g/mol. The number of ether oxygens (including phenoxy) is 1. The predicted molar refractivity (Wildman–Crippen MR) is 91.9 cm³/mol. The van der Waals surface area contributed by atoms with E-state index in [1.807, 2.05) is 12.1 Å². The molecule has 1 aliphatic heterocycles. The van der Waals surface area contributed by atoms with Crippen LogP contribution in [0.5, 0.6) is 0 Å². The first-order valence-electron chi connectivity index (χ1n) is 7.62. The first-order chi connectivity index (χ1) is 10.6. The van der Waals surface area contributed by atoms with Crippen LogP contribution in [0.15, 0.2) is 28.7 Å². The van der Waals surface area contributed by atoms with E-state index in [9.17, 15) is 4.79 Å². The van der Waals surface area contributed by atoms with Gasteiger partial charge >= 0.3 is 0 Å². The number of carbonyl (C=O) groups excluding carboxylic acids is 1. The molecule has 2 rings (SSSR count). The Hall–Kier alpha value is -1.11. The minimum atomic E-state index is -0.193. The standard InChI is InChI=1S/C16H24BrN3O2/c1-22-15(9-18)8-16(21)19-10-12-5-6-20(11-12)14-4-2-3-13(17)7-14/h2-4,7,12,15H,5-6,8-11,18H2,1H3,(H,19,21). The molecule has 1 aliphatic rings. The van der Waals surface area contributed by atoms with Crippen LogP contribution in [0, 0.1) is 5.92 Å². The number of hydrogen-bond donors (Lipinski definition) is 2. The van der Waals surface area contributed by atoms with E-state index in [0.29, 0.717) is 25.4 Å². The van der Waals surface area contributed by atoms with Crippen molar-refractivity contribution in [2.45, 2.75) is 18.9 Å². The van der Waals surface area contributed by atoms with Gasteiger partial charge in [-0.15, -0.1) is 0 Å². The summed E-state index contributed by atoms with van der Waals surface area (Å²) in [5, 5.41) is 3.00. The fraction of sp³-hybridized carbons (Fsp3) is 0.562. The highest BCUT2D eigenvalue weighted by Crippen LogP contribution is 2.25. The van der Waals surface area contributed by atoms with Gasteiger partial charge in [-0.2, -0.15) is 0 Å². The number of carbonyl (C=O) groups is 1. The van der Waals surface area contributed by atoms with E-state index < -0.39 is 0 Å². The lowest BCUT2D eigenvalue weighted by atomic mass is 10.1. The van der Waals surface area contributed by atoms with Crippen molar-refractivity contribution in [2.75, 3.05) is 38.2 Å². The lowest BCUT2D eigenvalue weighted by Crippen LogP contribution is -2.35. The van der Waals surface area contributed by atoms with Gasteiger partial charge in [0, 0.05) is 43.4 Å². The number of amides is 1. The molecule has 0 saturated carbocycles. The van der Waals surface area contributed by atoms with Crippen molar-refractivity contribution in [1.29, 1.82) is 0 Å². The number of anilines is 1. The van der Waals surface area contributed by atoms with Gasteiger partial charge in [0.1, 0.15) is 0 Å². The van der Waals surface area contributed by atoms with Gasteiger partial charge in [-0.05, 0) is 30.5 Å². The summed E-state index contributed by atoms with van der Waals surface area (Å²) in [6.07, 6.45) is 1.23. The summed E-state index contributed by atoms with van der Waals surface area (Å²) in [5.41, 5.74) is 6.76. The smallest absolute Gasteiger partial charge is 0.222 e. The van der Waals surface area contributed by atoms with Crippen molar-refractivity contribution in [1.82, 2.24) is 5.32 Å². The molecule has 0 radical (unpaired) electrons. The van der Waals surface area contributed by atoms with Crippen molar-refractivity contribution >= 4 is 27.5 Å². The Labute approximate surface area is 140 Å².